The van der Waals surface area contributed by atoms with Crippen molar-refractivity contribution in [2.24, 2.45) is 5.92 Å². The molecule has 2 N–H and O–H groups in total. The number of carbonyl (C=O) groups is 2. The van der Waals surface area contributed by atoms with Crippen LogP contribution in [0.5, 0.6) is 0 Å². The predicted molar refractivity (Wildman–Crippen MR) is 48.6 cm³/mol. The zero-order chi connectivity index (χ0) is 10.7. The lowest BCUT2D eigenvalue weighted by molar-refractivity contribution is -0.141. The molecule has 1 rings (SSSR count). The highest BCUT2D eigenvalue weighted by molar-refractivity contribution is 5.86. The first-order chi connectivity index (χ1) is 6.60. The number of hydrogen-bond donors (Lipinski definition) is 2. The molecular formula is C9H15NO4. The number of carbonyl (C=O) groups excluding carboxylic acids is 1. The molecule has 80 valence electrons. The summed E-state index contributed by atoms with van der Waals surface area (Å²) in [4.78, 5) is 23.5. The Kier molecular flexibility index (Phi) is 3.46. The molecule has 1 aliphatic rings. The Balaban J connectivity index is 2.64. The maximum Gasteiger partial charge on any atom is 0.308 e. The predicted octanol–water partition coefficient (Wildman–Crippen LogP) is -0.310. The van der Waals surface area contributed by atoms with Gasteiger partial charge in [-0.15, -0.1) is 0 Å². The maximum atomic E-state index is 11.4. The molecule has 0 aromatic rings. The van der Waals surface area contributed by atoms with Crippen LogP contribution >= 0.6 is 0 Å². The minimum Gasteiger partial charge on any atom is -0.481 e. The van der Waals surface area contributed by atoms with Crippen molar-refractivity contribution in [1.82, 2.24) is 4.90 Å². The fourth-order valence-electron chi connectivity index (χ4n) is 1.70. The number of aliphatic hydroxyl groups excluding tert-OH is 1. The highest BCUT2D eigenvalue weighted by Gasteiger charge is 2.36. The Morgan fingerprint density at radius 3 is 2.71 bits per heavy atom. The molecule has 1 saturated heterocycles. The van der Waals surface area contributed by atoms with E-state index in [1.54, 1.807) is 0 Å². The van der Waals surface area contributed by atoms with Gasteiger partial charge in [0.2, 0.25) is 5.91 Å². The van der Waals surface area contributed by atoms with Crippen LogP contribution in [-0.4, -0.2) is 46.2 Å². The number of rotatable bonds is 4. The number of nitrogens with zero attached hydrogens (tertiary/aromatic N) is 1. The number of hydrogen-bond acceptors (Lipinski definition) is 3. The highest BCUT2D eigenvalue weighted by atomic mass is 16.4. The third-order valence-corrected chi connectivity index (χ3v) is 2.63. The molecule has 0 aromatic heterocycles. The first kappa shape index (κ1) is 11.0. The number of carboxylic acids is 1. The van der Waals surface area contributed by atoms with Crippen LogP contribution in [0.25, 0.3) is 0 Å². The van der Waals surface area contributed by atoms with Crippen LogP contribution in [0, 0.1) is 5.92 Å². The van der Waals surface area contributed by atoms with E-state index in [0.29, 0.717) is 6.42 Å². The summed E-state index contributed by atoms with van der Waals surface area (Å²) in [5.41, 5.74) is 0. The minimum atomic E-state index is -0.936. The van der Waals surface area contributed by atoms with Gasteiger partial charge in [0.25, 0.3) is 0 Å². The fourth-order valence-corrected chi connectivity index (χ4v) is 1.70. The second kappa shape index (κ2) is 4.41. The molecule has 5 heteroatoms. The topological polar surface area (TPSA) is 77.8 Å². The van der Waals surface area contributed by atoms with Crippen LogP contribution in [0.15, 0.2) is 0 Å². The van der Waals surface area contributed by atoms with Crippen molar-refractivity contribution in [3.05, 3.63) is 0 Å². The lowest BCUT2D eigenvalue weighted by atomic mass is 10.1. The van der Waals surface area contributed by atoms with Crippen molar-refractivity contribution < 1.29 is 19.8 Å². The van der Waals surface area contributed by atoms with E-state index in [0.717, 1.165) is 0 Å². The Hall–Kier alpha value is -1.10. The van der Waals surface area contributed by atoms with Gasteiger partial charge in [-0.3, -0.25) is 9.59 Å². The zero-order valence-corrected chi connectivity index (χ0v) is 8.14. The van der Waals surface area contributed by atoms with E-state index in [9.17, 15) is 9.59 Å². The van der Waals surface area contributed by atoms with Crippen LogP contribution in [0.1, 0.15) is 19.8 Å². The van der Waals surface area contributed by atoms with Gasteiger partial charge in [-0.05, 0) is 6.42 Å². The lowest BCUT2D eigenvalue weighted by Gasteiger charge is -2.24. The monoisotopic (exact) mass is 201 g/mol. The van der Waals surface area contributed by atoms with Crippen molar-refractivity contribution in [3.63, 3.8) is 0 Å². The van der Waals surface area contributed by atoms with Gasteiger partial charge in [0.15, 0.2) is 0 Å². The first-order valence-electron chi connectivity index (χ1n) is 4.73. The number of aliphatic carboxylic acids is 1. The molecule has 0 saturated carbocycles. The molecule has 0 aliphatic carbocycles. The Bertz CT molecular complexity index is 237. The average Bonchev–Trinajstić information content (AvgIpc) is 2.51. The van der Waals surface area contributed by atoms with Crippen LogP contribution in [-0.2, 0) is 9.59 Å². The summed E-state index contributed by atoms with van der Waals surface area (Å²) < 4.78 is 0. The fraction of sp³-hybridized carbons (Fsp3) is 0.778. The summed E-state index contributed by atoms with van der Waals surface area (Å²) in [6.45, 7) is 1.99. The zero-order valence-electron chi connectivity index (χ0n) is 8.14. The number of amides is 1. The molecule has 0 spiro atoms. The summed E-state index contributed by atoms with van der Waals surface area (Å²) in [5, 5.41) is 17.7. The van der Waals surface area contributed by atoms with Gasteiger partial charge in [0.1, 0.15) is 0 Å². The Morgan fingerprint density at radius 1 is 1.71 bits per heavy atom. The van der Waals surface area contributed by atoms with Crippen molar-refractivity contribution in [2.45, 2.75) is 25.8 Å². The molecule has 5 nitrogen and oxygen atoms in total. The van der Waals surface area contributed by atoms with E-state index in [4.69, 9.17) is 10.2 Å². The molecule has 1 fully saturated rings. The summed E-state index contributed by atoms with van der Waals surface area (Å²) in [5.74, 6) is -1.71. The van der Waals surface area contributed by atoms with E-state index in [1.165, 1.54) is 4.90 Å². The van der Waals surface area contributed by atoms with Crippen LogP contribution < -0.4 is 0 Å². The van der Waals surface area contributed by atoms with Crippen molar-refractivity contribution in [3.8, 4) is 0 Å². The normalized spacial score (nSPS) is 24.0. The molecule has 0 bridgehead atoms. The lowest BCUT2D eigenvalue weighted by Crippen LogP contribution is -2.39. The summed E-state index contributed by atoms with van der Waals surface area (Å²) >= 11 is 0. The quantitative estimate of drug-likeness (QED) is 0.654. The smallest absolute Gasteiger partial charge is 0.308 e. The van der Waals surface area contributed by atoms with Gasteiger partial charge in [0, 0.05) is 13.0 Å². The van der Waals surface area contributed by atoms with Crippen molar-refractivity contribution in [1.29, 1.82) is 0 Å². The highest BCUT2D eigenvalue weighted by Crippen LogP contribution is 2.21. The number of carboxylic acid groups (broad SMARTS) is 1. The number of aliphatic hydroxyl groups is 1. The summed E-state index contributed by atoms with van der Waals surface area (Å²) in [7, 11) is 0. The molecule has 0 radical (unpaired) electrons. The maximum absolute atomic E-state index is 11.4. The van der Waals surface area contributed by atoms with Gasteiger partial charge in [-0.25, -0.2) is 0 Å². The summed E-state index contributed by atoms with van der Waals surface area (Å²) in [6, 6.07) is -0.230. The van der Waals surface area contributed by atoms with Crippen LogP contribution in [0.4, 0.5) is 0 Å². The van der Waals surface area contributed by atoms with Crippen molar-refractivity contribution in [2.75, 3.05) is 13.2 Å². The van der Waals surface area contributed by atoms with E-state index in [2.05, 4.69) is 0 Å². The van der Waals surface area contributed by atoms with Gasteiger partial charge in [-0.2, -0.15) is 0 Å². The van der Waals surface area contributed by atoms with E-state index >= 15 is 0 Å². The molecule has 1 amide bonds. The molecular weight excluding hydrogens is 186 g/mol. The summed E-state index contributed by atoms with van der Waals surface area (Å²) in [6.07, 6.45) is 0.709. The largest absolute Gasteiger partial charge is 0.481 e. The average molecular weight is 201 g/mol. The van der Waals surface area contributed by atoms with Gasteiger partial charge >= 0.3 is 5.97 Å². The third-order valence-electron chi connectivity index (χ3n) is 2.63. The van der Waals surface area contributed by atoms with Gasteiger partial charge in [0.05, 0.1) is 18.6 Å². The number of likely N-dealkylation sites (tertiary alicyclic amines) is 1. The third kappa shape index (κ3) is 2.04. The van der Waals surface area contributed by atoms with Gasteiger partial charge < -0.3 is 15.1 Å². The minimum absolute atomic E-state index is 0.0613. The van der Waals surface area contributed by atoms with Crippen LogP contribution in [0.2, 0.25) is 0 Å². The standard InChI is InChI=1S/C9H15NO4/c1-2-7(5-11)10-4-6(9(13)14)3-8(10)12/h6-7,11H,2-5H2,1H3,(H,13,14)/t6-,7-/m1/s1. The Labute approximate surface area is 82.3 Å². The molecule has 14 heavy (non-hydrogen) atoms. The first-order valence-corrected chi connectivity index (χ1v) is 4.73. The van der Waals surface area contributed by atoms with Gasteiger partial charge in [-0.1, -0.05) is 6.92 Å². The molecule has 2 atom stereocenters. The second-order valence-corrected chi connectivity index (χ2v) is 3.53. The molecule has 1 aliphatic heterocycles. The Morgan fingerprint density at radius 2 is 2.36 bits per heavy atom. The molecule has 1 heterocycles. The second-order valence-electron chi connectivity index (χ2n) is 3.53. The van der Waals surface area contributed by atoms with Crippen LogP contribution in [0.3, 0.4) is 0 Å². The molecule has 0 aromatic carbocycles. The van der Waals surface area contributed by atoms with E-state index < -0.39 is 11.9 Å². The van der Waals surface area contributed by atoms with E-state index in [-0.39, 0.29) is 31.5 Å². The molecule has 0 unspecified atom stereocenters. The SMILES string of the molecule is CC[C@H](CO)N1C[C@H](C(=O)O)CC1=O. The van der Waals surface area contributed by atoms with Crippen molar-refractivity contribution >= 4 is 11.9 Å². The van der Waals surface area contributed by atoms with E-state index in [1.807, 2.05) is 6.92 Å².